The van der Waals surface area contributed by atoms with E-state index in [1.807, 2.05) is 17.0 Å². The number of benzene rings is 1. The topological polar surface area (TPSA) is 38.8 Å². The molecule has 1 aliphatic carbocycles. The van der Waals surface area contributed by atoms with Gasteiger partial charge in [-0.2, -0.15) is 0 Å². The summed E-state index contributed by atoms with van der Waals surface area (Å²) in [4.78, 5) is 14.9. The fraction of sp³-hybridized carbons (Fsp3) is 0.500. The van der Waals surface area contributed by atoms with E-state index in [9.17, 15) is 4.79 Å². The van der Waals surface area contributed by atoms with Gasteiger partial charge in [-0.1, -0.05) is 11.6 Å². The fourth-order valence-electron chi connectivity index (χ4n) is 4.29. The van der Waals surface area contributed by atoms with Crippen LogP contribution in [0.15, 0.2) is 23.3 Å². The van der Waals surface area contributed by atoms with Crippen LogP contribution in [0.3, 0.4) is 0 Å². The van der Waals surface area contributed by atoms with Gasteiger partial charge in [0.25, 0.3) is 5.91 Å². The van der Waals surface area contributed by atoms with Crippen molar-refractivity contribution in [2.24, 2.45) is 0 Å². The minimum Gasteiger partial charge on any atom is -0.493 e. The van der Waals surface area contributed by atoms with Gasteiger partial charge in [-0.25, -0.2) is 0 Å². The normalized spacial score (nSPS) is 23.1. The monoisotopic (exact) mass is 299 g/mol. The third kappa shape index (κ3) is 1.73. The molecule has 4 rings (SSSR count). The molecule has 2 heterocycles. The molecule has 0 saturated carbocycles. The van der Waals surface area contributed by atoms with Gasteiger partial charge in [0, 0.05) is 6.54 Å². The number of fused-ring (bicyclic) bond motifs is 4. The Bertz CT molecular complexity index is 677. The molecule has 3 aliphatic rings. The molecule has 4 nitrogen and oxygen atoms in total. The van der Waals surface area contributed by atoms with E-state index in [4.69, 9.17) is 9.47 Å². The molecule has 0 aromatic heterocycles. The highest BCUT2D eigenvalue weighted by atomic mass is 16.5. The van der Waals surface area contributed by atoms with E-state index < -0.39 is 0 Å². The summed E-state index contributed by atoms with van der Waals surface area (Å²) < 4.78 is 10.9. The van der Waals surface area contributed by atoms with Crippen LogP contribution in [0.5, 0.6) is 11.5 Å². The number of ether oxygens (including phenoxy) is 2. The van der Waals surface area contributed by atoms with Crippen molar-refractivity contribution in [2.45, 2.75) is 38.1 Å². The highest BCUT2D eigenvalue weighted by molar-refractivity contribution is 6.03. The van der Waals surface area contributed by atoms with Gasteiger partial charge in [-0.05, 0) is 49.3 Å². The maximum Gasteiger partial charge on any atom is 0.258 e. The predicted octanol–water partition coefficient (Wildman–Crippen LogP) is 3.48. The van der Waals surface area contributed by atoms with Crippen LogP contribution in [-0.4, -0.2) is 31.6 Å². The Morgan fingerprint density at radius 3 is 2.68 bits per heavy atom. The molecule has 0 spiro atoms. The van der Waals surface area contributed by atoms with Crippen LogP contribution in [-0.2, 0) is 0 Å². The first kappa shape index (κ1) is 13.7. The van der Waals surface area contributed by atoms with Gasteiger partial charge in [0.05, 0.1) is 25.8 Å². The summed E-state index contributed by atoms with van der Waals surface area (Å²) in [5.74, 6) is 1.30. The molecule has 1 aromatic rings. The van der Waals surface area contributed by atoms with Gasteiger partial charge >= 0.3 is 0 Å². The number of rotatable bonds is 2. The van der Waals surface area contributed by atoms with Crippen LogP contribution in [0.2, 0.25) is 0 Å². The van der Waals surface area contributed by atoms with Crippen molar-refractivity contribution in [3.05, 3.63) is 34.4 Å². The minimum absolute atomic E-state index is 0.0906. The van der Waals surface area contributed by atoms with E-state index in [1.165, 1.54) is 24.8 Å². The zero-order valence-corrected chi connectivity index (χ0v) is 13.1. The molecule has 22 heavy (non-hydrogen) atoms. The molecule has 1 aromatic carbocycles. The quantitative estimate of drug-likeness (QED) is 0.785. The predicted molar refractivity (Wildman–Crippen MR) is 83.4 cm³/mol. The molecule has 0 bridgehead atoms. The van der Waals surface area contributed by atoms with E-state index in [2.05, 4.69) is 0 Å². The number of amides is 1. The Labute approximate surface area is 130 Å². The number of hydrogen-bond donors (Lipinski definition) is 0. The zero-order valence-electron chi connectivity index (χ0n) is 13.1. The van der Waals surface area contributed by atoms with Gasteiger partial charge < -0.3 is 14.4 Å². The second-order valence-electron chi connectivity index (χ2n) is 6.25. The molecular weight excluding hydrogens is 278 g/mol. The third-order valence-corrected chi connectivity index (χ3v) is 5.27. The van der Waals surface area contributed by atoms with Gasteiger partial charge in [0.15, 0.2) is 11.5 Å². The summed E-state index contributed by atoms with van der Waals surface area (Å²) in [5.41, 5.74) is 4.86. The van der Waals surface area contributed by atoms with Crippen molar-refractivity contribution < 1.29 is 14.3 Å². The van der Waals surface area contributed by atoms with Gasteiger partial charge in [0.2, 0.25) is 0 Å². The molecule has 4 heteroatoms. The number of carbonyl (C=O) groups excluding carboxylic acids is 1. The van der Waals surface area contributed by atoms with Crippen LogP contribution in [0.25, 0.3) is 0 Å². The lowest BCUT2D eigenvalue weighted by Gasteiger charge is -2.37. The smallest absolute Gasteiger partial charge is 0.258 e. The molecule has 0 saturated heterocycles. The van der Waals surface area contributed by atoms with Crippen molar-refractivity contribution in [3.8, 4) is 11.5 Å². The van der Waals surface area contributed by atoms with Gasteiger partial charge in [-0.15, -0.1) is 0 Å². The molecule has 0 N–H and O–H groups in total. The Morgan fingerprint density at radius 2 is 1.91 bits per heavy atom. The number of carbonyl (C=O) groups is 1. The Morgan fingerprint density at radius 1 is 1.09 bits per heavy atom. The van der Waals surface area contributed by atoms with Crippen molar-refractivity contribution in [3.63, 3.8) is 0 Å². The lowest BCUT2D eigenvalue weighted by Crippen LogP contribution is -2.35. The lowest BCUT2D eigenvalue weighted by atomic mass is 9.81. The number of nitrogens with zero attached hydrogens (tertiary/aromatic N) is 1. The number of hydrogen-bond acceptors (Lipinski definition) is 3. The highest BCUT2D eigenvalue weighted by Gasteiger charge is 2.44. The maximum absolute atomic E-state index is 12.9. The molecule has 0 radical (unpaired) electrons. The summed E-state index contributed by atoms with van der Waals surface area (Å²) in [5, 5.41) is 0. The molecular formula is C18H21NO3. The van der Waals surface area contributed by atoms with E-state index in [1.54, 1.807) is 19.8 Å². The average Bonchev–Trinajstić information content (AvgIpc) is 2.87. The third-order valence-electron chi connectivity index (χ3n) is 5.27. The maximum atomic E-state index is 12.9. The first-order valence-corrected chi connectivity index (χ1v) is 8.03. The summed E-state index contributed by atoms with van der Waals surface area (Å²) >= 11 is 0. The number of methoxy groups -OCH3 is 2. The van der Waals surface area contributed by atoms with Crippen LogP contribution < -0.4 is 9.47 Å². The molecule has 1 unspecified atom stereocenters. The van der Waals surface area contributed by atoms with Crippen molar-refractivity contribution >= 4 is 5.91 Å². The van der Waals surface area contributed by atoms with E-state index in [-0.39, 0.29) is 11.9 Å². The SMILES string of the molecule is COc1ccc2c(c1OC)C(=O)N1CCC3=C(CCCC3)C21. The van der Waals surface area contributed by atoms with Crippen LogP contribution in [0.1, 0.15) is 54.1 Å². The fourth-order valence-corrected chi connectivity index (χ4v) is 4.29. The summed E-state index contributed by atoms with van der Waals surface area (Å²) in [6, 6.07) is 4.10. The summed E-state index contributed by atoms with van der Waals surface area (Å²) in [6.07, 6.45) is 5.89. The van der Waals surface area contributed by atoms with Crippen LogP contribution in [0.4, 0.5) is 0 Å². The largest absolute Gasteiger partial charge is 0.493 e. The van der Waals surface area contributed by atoms with E-state index in [0.29, 0.717) is 17.1 Å². The minimum atomic E-state index is 0.0906. The van der Waals surface area contributed by atoms with Crippen molar-refractivity contribution in [1.82, 2.24) is 4.90 Å². The van der Waals surface area contributed by atoms with E-state index in [0.717, 1.165) is 24.9 Å². The van der Waals surface area contributed by atoms with Gasteiger partial charge in [-0.3, -0.25) is 4.79 Å². The van der Waals surface area contributed by atoms with Gasteiger partial charge in [0.1, 0.15) is 0 Å². The molecule has 116 valence electrons. The zero-order chi connectivity index (χ0) is 15.3. The van der Waals surface area contributed by atoms with Crippen LogP contribution in [0, 0.1) is 0 Å². The lowest BCUT2D eigenvalue weighted by molar-refractivity contribution is 0.0729. The van der Waals surface area contributed by atoms with Crippen LogP contribution >= 0.6 is 0 Å². The standard InChI is InChI=1S/C18H21NO3/c1-21-14-8-7-13-15(17(14)22-2)18(20)19-10-9-11-5-3-4-6-12(11)16(13)19/h7-8,16H,3-6,9-10H2,1-2H3. The molecule has 1 atom stereocenters. The molecule has 0 fully saturated rings. The second kappa shape index (κ2) is 5.04. The second-order valence-corrected chi connectivity index (χ2v) is 6.25. The summed E-state index contributed by atoms with van der Waals surface area (Å²) in [7, 11) is 3.22. The Kier molecular flexibility index (Phi) is 3.13. The Hall–Kier alpha value is -1.97. The highest BCUT2D eigenvalue weighted by Crippen LogP contribution is 2.51. The first-order chi connectivity index (χ1) is 10.8. The van der Waals surface area contributed by atoms with Crippen molar-refractivity contribution in [1.29, 1.82) is 0 Å². The van der Waals surface area contributed by atoms with Crippen molar-refractivity contribution in [2.75, 3.05) is 20.8 Å². The molecule has 2 aliphatic heterocycles. The van der Waals surface area contributed by atoms with E-state index >= 15 is 0 Å². The molecule has 1 amide bonds. The average molecular weight is 299 g/mol. The summed E-state index contributed by atoms with van der Waals surface area (Å²) in [6.45, 7) is 0.822. The Balaban J connectivity index is 1.90. The first-order valence-electron chi connectivity index (χ1n) is 8.03.